The second-order valence-corrected chi connectivity index (χ2v) is 5.27. The van der Waals surface area contributed by atoms with E-state index in [0.29, 0.717) is 17.7 Å². The fourth-order valence-electron chi connectivity index (χ4n) is 2.59. The van der Waals surface area contributed by atoms with E-state index >= 15 is 0 Å². The number of carbonyl (C=O) groups excluding carboxylic acids is 2. The van der Waals surface area contributed by atoms with Gasteiger partial charge < -0.3 is 4.74 Å². The summed E-state index contributed by atoms with van der Waals surface area (Å²) in [7, 11) is 0. The largest absolute Gasteiger partial charge is 0.382 e. The van der Waals surface area contributed by atoms with Crippen LogP contribution in [-0.4, -0.2) is 36.5 Å². The highest BCUT2D eigenvalue weighted by molar-refractivity contribution is 6.21. The summed E-state index contributed by atoms with van der Waals surface area (Å²) in [6.07, 6.45) is 5.26. The van der Waals surface area contributed by atoms with E-state index < -0.39 is 0 Å². The first-order valence-electron chi connectivity index (χ1n) is 7.78. The van der Waals surface area contributed by atoms with Gasteiger partial charge in [0, 0.05) is 19.8 Å². The minimum Gasteiger partial charge on any atom is -0.382 e. The maximum Gasteiger partial charge on any atom is 0.261 e. The van der Waals surface area contributed by atoms with Crippen LogP contribution in [0.4, 0.5) is 0 Å². The van der Waals surface area contributed by atoms with Crippen molar-refractivity contribution in [3.8, 4) is 0 Å². The molecule has 0 aliphatic carbocycles. The molecule has 0 spiro atoms. The minimum absolute atomic E-state index is 0.146. The number of hydrogen-bond acceptors (Lipinski definition) is 3. The van der Waals surface area contributed by atoms with E-state index in [9.17, 15) is 9.59 Å². The van der Waals surface area contributed by atoms with Gasteiger partial charge in [-0.05, 0) is 31.9 Å². The second-order valence-electron chi connectivity index (χ2n) is 5.27. The standard InChI is InChI=1S/C17H23NO3/c1-2-21-13-9-5-3-4-8-12-18-16(19)14-10-6-7-11-15(14)17(18)20/h6-7,10-11H,2-5,8-9,12-13H2,1H3. The lowest BCUT2D eigenvalue weighted by Gasteiger charge is -2.13. The van der Waals surface area contributed by atoms with Crippen LogP contribution in [0.5, 0.6) is 0 Å². The van der Waals surface area contributed by atoms with Crippen molar-refractivity contribution < 1.29 is 14.3 Å². The number of ether oxygens (including phenoxy) is 1. The molecule has 0 aromatic heterocycles. The molecule has 4 heteroatoms. The molecule has 114 valence electrons. The summed E-state index contributed by atoms with van der Waals surface area (Å²) in [5, 5.41) is 0. The van der Waals surface area contributed by atoms with Gasteiger partial charge in [-0.25, -0.2) is 0 Å². The molecule has 4 nitrogen and oxygen atoms in total. The van der Waals surface area contributed by atoms with Crippen molar-refractivity contribution in [3.63, 3.8) is 0 Å². The highest BCUT2D eigenvalue weighted by atomic mass is 16.5. The van der Waals surface area contributed by atoms with Gasteiger partial charge in [-0.3, -0.25) is 14.5 Å². The number of fused-ring (bicyclic) bond motifs is 1. The van der Waals surface area contributed by atoms with Crippen molar-refractivity contribution >= 4 is 11.8 Å². The van der Waals surface area contributed by atoms with E-state index in [1.54, 1.807) is 24.3 Å². The maximum absolute atomic E-state index is 12.1. The zero-order valence-corrected chi connectivity index (χ0v) is 12.6. The van der Waals surface area contributed by atoms with E-state index in [-0.39, 0.29) is 11.8 Å². The van der Waals surface area contributed by atoms with Gasteiger partial charge in [-0.2, -0.15) is 0 Å². The van der Waals surface area contributed by atoms with E-state index in [2.05, 4.69) is 0 Å². The molecule has 0 saturated carbocycles. The van der Waals surface area contributed by atoms with Crippen LogP contribution < -0.4 is 0 Å². The molecule has 2 rings (SSSR count). The Kier molecular flexibility index (Phi) is 5.93. The Morgan fingerprint density at radius 2 is 1.48 bits per heavy atom. The number of nitrogens with zero attached hydrogens (tertiary/aromatic N) is 1. The van der Waals surface area contributed by atoms with Crippen molar-refractivity contribution in [1.29, 1.82) is 0 Å². The van der Waals surface area contributed by atoms with Gasteiger partial charge in [0.2, 0.25) is 0 Å². The SMILES string of the molecule is CCOCCCCCCCN1C(=O)c2ccccc2C1=O. The summed E-state index contributed by atoms with van der Waals surface area (Å²) >= 11 is 0. The van der Waals surface area contributed by atoms with Crippen LogP contribution in [0.1, 0.15) is 59.7 Å². The second kappa shape index (κ2) is 7.93. The summed E-state index contributed by atoms with van der Waals surface area (Å²) in [6, 6.07) is 7.05. The first-order valence-corrected chi connectivity index (χ1v) is 7.78. The van der Waals surface area contributed by atoms with Gasteiger partial charge >= 0.3 is 0 Å². The van der Waals surface area contributed by atoms with Gasteiger partial charge in [0.15, 0.2) is 0 Å². The average molecular weight is 289 g/mol. The van der Waals surface area contributed by atoms with Crippen LogP contribution in [0.25, 0.3) is 0 Å². The topological polar surface area (TPSA) is 46.6 Å². The predicted molar refractivity (Wildman–Crippen MR) is 81.4 cm³/mol. The van der Waals surface area contributed by atoms with Crippen LogP contribution in [0.2, 0.25) is 0 Å². The third-order valence-electron chi connectivity index (χ3n) is 3.75. The zero-order valence-electron chi connectivity index (χ0n) is 12.6. The predicted octanol–water partition coefficient (Wildman–Crippen LogP) is 3.27. The summed E-state index contributed by atoms with van der Waals surface area (Å²) in [5.74, 6) is -0.293. The molecule has 21 heavy (non-hydrogen) atoms. The number of rotatable bonds is 9. The number of benzene rings is 1. The van der Waals surface area contributed by atoms with Crippen molar-refractivity contribution in [2.45, 2.75) is 39.0 Å². The van der Waals surface area contributed by atoms with Gasteiger partial charge in [-0.1, -0.05) is 31.4 Å². The van der Waals surface area contributed by atoms with Crippen molar-refractivity contribution in [2.24, 2.45) is 0 Å². The summed E-state index contributed by atoms with van der Waals surface area (Å²) in [4.78, 5) is 25.6. The lowest BCUT2D eigenvalue weighted by Crippen LogP contribution is -2.30. The van der Waals surface area contributed by atoms with Crippen molar-refractivity contribution in [1.82, 2.24) is 4.90 Å². The Morgan fingerprint density at radius 3 is 2.10 bits per heavy atom. The Morgan fingerprint density at radius 1 is 0.905 bits per heavy atom. The molecule has 1 aliphatic heterocycles. The van der Waals surface area contributed by atoms with Crippen molar-refractivity contribution in [3.05, 3.63) is 35.4 Å². The molecule has 0 radical (unpaired) electrons. The Hall–Kier alpha value is -1.68. The number of hydrogen-bond donors (Lipinski definition) is 0. The molecule has 0 N–H and O–H groups in total. The van der Waals surface area contributed by atoms with Crippen LogP contribution in [0.3, 0.4) is 0 Å². The van der Waals surface area contributed by atoms with E-state index in [4.69, 9.17) is 4.74 Å². The lowest BCUT2D eigenvalue weighted by molar-refractivity contribution is 0.0651. The highest BCUT2D eigenvalue weighted by Crippen LogP contribution is 2.22. The average Bonchev–Trinajstić information content (AvgIpc) is 2.75. The third-order valence-corrected chi connectivity index (χ3v) is 3.75. The fraction of sp³-hybridized carbons (Fsp3) is 0.529. The Bertz CT molecular complexity index is 464. The molecular weight excluding hydrogens is 266 g/mol. The first kappa shape index (κ1) is 15.7. The lowest BCUT2D eigenvalue weighted by atomic mass is 10.1. The van der Waals surface area contributed by atoms with Crippen LogP contribution in [-0.2, 0) is 4.74 Å². The molecule has 0 saturated heterocycles. The summed E-state index contributed by atoms with van der Waals surface area (Å²) in [6.45, 7) is 4.13. The molecule has 1 aliphatic rings. The molecule has 0 bridgehead atoms. The fourth-order valence-corrected chi connectivity index (χ4v) is 2.59. The number of unbranched alkanes of at least 4 members (excludes halogenated alkanes) is 4. The molecule has 1 heterocycles. The van der Waals surface area contributed by atoms with E-state index in [0.717, 1.165) is 45.3 Å². The number of carbonyl (C=O) groups is 2. The van der Waals surface area contributed by atoms with Gasteiger partial charge in [0.25, 0.3) is 11.8 Å². The first-order chi connectivity index (χ1) is 10.3. The number of amides is 2. The zero-order chi connectivity index (χ0) is 15.1. The van der Waals surface area contributed by atoms with E-state index in [1.165, 1.54) is 4.90 Å². The van der Waals surface area contributed by atoms with Crippen molar-refractivity contribution in [2.75, 3.05) is 19.8 Å². The molecule has 1 aromatic rings. The van der Waals surface area contributed by atoms with Gasteiger partial charge in [0.05, 0.1) is 11.1 Å². The highest BCUT2D eigenvalue weighted by Gasteiger charge is 2.34. The third kappa shape index (κ3) is 3.91. The van der Waals surface area contributed by atoms with Gasteiger partial charge in [-0.15, -0.1) is 0 Å². The quantitative estimate of drug-likeness (QED) is 0.518. The van der Waals surface area contributed by atoms with Crippen LogP contribution in [0, 0.1) is 0 Å². The molecule has 1 aromatic carbocycles. The van der Waals surface area contributed by atoms with Crippen LogP contribution in [0.15, 0.2) is 24.3 Å². The van der Waals surface area contributed by atoms with Gasteiger partial charge in [0.1, 0.15) is 0 Å². The monoisotopic (exact) mass is 289 g/mol. The summed E-state index contributed by atoms with van der Waals surface area (Å²) in [5.41, 5.74) is 1.08. The molecular formula is C17H23NO3. The summed E-state index contributed by atoms with van der Waals surface area (Å²) < 4.78 is 5.29. The Labute approximate surface area is 126 Å². The molecule has 0 fully saturated rings. The van der Waals surface area contributed by atoms with Crippen LogP contribution >= 0.6 is 0 Å². The number of imide groups is 1. The molecule has 0 unspecified atom stereocenters. The maximum atomic E-state index is 12.1. The van der Waals surface area contributed by atoms with E-state index in [1.807, 2.05) is 6.92 Å². The Balaban J connectivity index is 1.69. The molecule has 2 amide bonds. The normalized spacial score (nSPS) is 13.9. The smallest absolute Gasteiger partial charge is 0.261 e. The molecule has 0 atom stereocenters. The minimum atomic E-state index is -0.146.